The number of halogens is 1. The van der Waals surface area contributed by atoms with Gasteiger partial charge in [-0.3, -0.25) is 4.57 Å². The first-order valence-electron chi connectivity index (χ1n) is 8.33. The van der Waals surface area contributed by atoms with Crippen LogP contribution in [0.3, 0.4) is 0 Å². The van der Waals surface area contributed by atoms with Crippen molar-refractivity contribution in [3.05, 3.63) is 64.4 Å². The van der Waals surface area contributed by atoms with Crippen LogP contribution in [-0.2, 0) is 16.6 Å². The molecule has 0 radical (unpaired) electrons. The number of benzene rings is 2. The molecule has 1 fully saturated rings. The minimum Gasteiger partial charge on any atom is -0.408 e. The summed E-state index contributed by atoms with van der Waals surface area (Å²) >= 11 is 0. The van der Waals surface area contributed by atoms with E-state index in [0.29, 0.717) is 18.6 Å². The first-order chi connectivity index (χ1) is 12.4. The van der Waals surface area contributed by atoms with E-state index in [0.717, 1.165) is 18.4 Å². The number of aromatic nitrogens is 1. The van der Waals surface area contributed by atoms with Gasteiger partial charge in [-0.05, 0) is 42.7 Å². The first kappa shape index (κ1) is 17.0. The molecule has 4 rings (SSSR count). The van der Waals surface area contributed by atoms with Gasteiger partial charge < -0.3 is 4.42 Å². The summed E-state index contributed by atoms with van der Waals surface area (Å²) in [6, 6.07) is 10.3. The van der Waals surface area contributed by atoms with Crippen LogP contribution in [0.2, 0.25) is 0 Å². The molecule has 1 aliphatic rings. The molecule has 8 heteroatoms. The topological polar surface area (TPSA) is 72.5 Å². The highest BCUT2D eigenvalue weighted by Crippen LogP contribution is 2.24. The number of rotatable bonds is 4. The van der Waals surface area contributed by atoms with E-state index in [4.69, 9.17) is 4.42 Å². The van der Waals surface area contributed by atoms with E-state index in [9.17, 15) is 17.6 Å². The number of hydrogen-bond acceptors (Lipinski definition) is 4. The Balaban J connectivity index is 1.72. The Bertz CT molecular complexity index is 1110. The van der Waals surface area contributed by atoms with E-state index in [-0.39, 0.29) is 22.8 Å². The molecule has 0 N–H and O–H groups in total. The predicted octanol–water partition coefficient (Wildman–Crippen LogP) is 2.57. The standard InChI is InChI=1S/C18H17FN2O4S/c19-14-5-3-13(4-6-14)12-21-16-8-7-15(11-17(16)25-18(21)22)26(23,24)20-9-1-2-10-20/h3-8,11H,1-2,9-10,12H2. The fraction of sp³-hybridized carbons (Fsp3) is 0.278. The van der Waals surface area contributed by atoms with Crippen molar-refractivity contribution in [2.45, 2.75) is 24.3 Å². The van der Waals surface area contributed by atoms with Gasteiger partial charge in [-0.2, -0.15) is 4.31 Å². The summed E-state index contributed by atoms with van der Waals surface area (Å²) in [5.41, 5.74) is 1.46. The molecule has 6 nitrogen and oxygen atoms in total. The van der Waals surface area contributed by atoms with E-state index in [1.54, 1.807) is 18.2 Å². The first-order valence-corrected chi connectivity index (χ1v) is 9.77. The van der Waals surface area contributed by atoms with Crippen LogP contribution in [0.15, 0.2) is 56.6 Å². The Morgan fingerprint density at radius 1 is 1.04 bits per heavy atom. The van der Waals surface area contributed by atoms with E-state index < -0.39 is 15.8 Å². The maximum atomic E-state index is 13.0. The second kappa shape index (κ2) is 6.37. The molecule has 0 unspecified atom stereocenters. The third-order valence-electron chi connectivity index (χ3n) is 4.60. The molecule has 1 aliphatic heterocycles. The van der Waals surface area contributed by atoms with Gasteiger partial charge in [0.15, 0.2) is 5.58 Å². The van der Waals surface area contributed by atoms with Gasteiger partial charge in [0.25, 0.3) is 0 Å². The lowest BCUT2D eigenvalue weighted by molar-refractivity contribution is 0.477. The van der Waals surface area contributed by atoms with Crippen LogP contribution >= 0.6 is 0 Å². The van der Waals surface area contributed by atoms with Crippen molar-refractivity contribution in [3.8, 4) is 0 Å². The summed E-state index contributed by atoms with van der Waals surface area (Å²) < 4.78 is 46.4. The maximum Gasteiger partial charge on any atom is 0.420 e. The van der Waals surface area contributed by atoms with Crippen molar-refractivity contribution in [3.63, 3.8) is 0 Å². The number of fused-ring (bicyclic) bond motifs is 1. The van der Waals surface area contributed by atoms with Crippen LogP contribution in [-0.4, -0.2) is 30.4 Å². The summed E-state index contributed by atoms with van der Waals surface area (Å²) in [6.45, 7) is 1.23. The van der Waals surface area contributed by atoms with Crippen molar-refractivity contribution in [1.82, 2.24) is 8.87 Å². The number of nitrogens with zero attached hydrogens (tertiary/aromatic N) is 2. The van der Waals surface area contributed by atoms with Gasteiger partial charge in [-0.1, -0.05) is 12.1 Å². The zero-order valence-electron chi connectivity index (χ0n) is 13.9. The lowest BCUT2D eigenvalue weighted by Gasteiger charge is -2.15. The predicted molar refractivity (Wildman–Crippen MR) is 94.0 cm³/mol. The summed E-state index contributed by atoms with van der Waals surface area (Å²) in [6.07, 6.45) is 1.70. The molecular formula is C18H17FN2O4S. The molecule has 2 heterocycles. The minimum atomic E-state index is -3.58. The minimum absolute atomic E-state index is 0.120. The Hall–Kier alpha value is -2.45. The van der Waals surface area contributed by atoms with Crippen LogP contribution in [0.4, 0.5) is 4.39 Å². The summed E-state index contributed by atoms with van der Waals surface area (Å²) in [7, 11) is -3.58. The van der Waals surface area contributed by atoms with Gasteiger partial charge in [-0.15, -0.1) is 0 Å². The molecule has 26 heavy (non-hydrogen) atoms. The van der Waals surface area contributed by atoms with Crippen molar-refractivity contribution in [1.29, 1.82) is 0 Å². The zero-order valence-corrected chi connectivity index (χ0v) is 14.7. The number of oxazole rings is 1. The maximum absolute atomic E-state index is 13.0. The fourth-order valence-corrected chi connectivity index (χ4v) is 4.74. The summed E-state index contributed by atoms with van der Waals surface area (Å²) in [4.78, 5) is 12.3. The molecule has 0 aliphatic carbocycles. The fourth-order valence-electron chi connectivity index (χ4n) is 3.21. The zero-order chi connectivity index (χ0) is 18.3. The molecule has 0 saturated carbocycles. The van der Waals surface area contributed by atoms with E-state index in [1.807, 2.05) is 0 Å². The second-order valence-corrected chi connectivity index (χ2v) is 8.26. The lowest BCUT2D eigenvalue weighted by Crippen LogP contribution is -2.27. The number of sulfonamides is 1. The SMILES string of the molecule is O=c1oc2cc(S(=O)(=O)N3CCCC3)ccc2n1Cc1ccc(F)cc1. The molecule has 136 valence electrons. The highest BCUT2D eigenvalue weighted by Gasteiger charge is 2.28. The lowest BCUT2D eigenvalue weighted by atomic mass is 10.2. The normalized spacial score (nSPS) is 15.7. The van der Waals surface area contributed by atoms with Crippen molar-refractivity contribution < 1.29 is 17.2 Å². The van der Waals surface area contributed by atoms with Gasteiger partial charge in [0, 0.05) is 19.2 Å². The summed E-state index contributed by atoms with van der Waals surface area (Å²) in [5.74, 6) is -0.935. The molecule has 0 spiro atoms. The van der Waals surface area contributed by atoms with Gasteiger partial charge in [0.05, 0.1) is 17.0 Å². The average Bonchev–Trinajstić information content (AvgIpc) is 3.25. The van der Waals surface area contributed by atoms with Crippen LogP contribution in [0, 0.1) is 5.82 Å². The van der Waals surface area contributed by atoms with Gasteiger partial charge >= 0.3 is 5.76 Å². The van der Waals surface area contributed by atoms with E-state index in [2.05, 4.69) is 0 Å². The molecule has 0 amide bonds. The monoisotopic (exact) mass is 376 g/mol. The van der Waals surface area contributed by atoms with Crippen LogP contribution in [0.1, 0.15) is 18.4 Å². The molecule has 1 saturated heterocycles. The van der Waals surface area contributed by atoms with E-state index in [1.165, 1.54) is 33.1 Å². The Morgan fingerprint density at radius 3 is 2.42 bits per heavy atom. The Kier molecular flexibility index (Phi) is 4.16. The van der Waals surface area contributed by atoms with Crippen LogP contribution in [0.5, 0.6) is 0 Å². The molecular weight excluding hydrogens is 359 g/mol. The van der Waals surface area contributed by atoms with Gasteiger partial charge in [0.1, 0.15) is 5.82 Å². The third kappa shape index (κ3) is 2.95. The Morgan fingerprint density at radius 2 is 1.73 bits per heavy atom. The smallest absolute Gasteiger partial charge is 0.408 e. The van der Waals surface area contributed by atoms with E-state index >= 15 is 0 Å². The van der Waals surface area contributed by atoms with Crippen LogP contribution in [0.25, 0.3) is 11.1 Å². The molecule has 3 aromatic rings. The van der Waals surface area contributed by atoms with Gasteiger partial charge in [0.2, 0.25) is 10.0 Å². The molecule has 0 atom stereocenters. The van der Waals surface area contributed by atoms with Crippen molar-refractivity contribution >= 4 is 21.1 Å². The summed E-state index contributed by atoms with van der Waals surface area (Å²) in [5, 5.41) is 0. The highest BCUT2D eigenvalue weighted by atomic mass is 32.2. The Labute approximate surface area is 149 Å². The average molecular weight is 376 g/mol. The number of hydrogen-bond donors (Lipinski definition) is 0. The highest BCUT2D eigenvalue weighted by molar-refractivity contribution is 7.89. The quantitative estimate of drug-likeness (QED) is 0.702. The largest absolute Gasteiger partial charge is 0.420 e. The van der Waals surface area contributed by atoms with Gasteiger partial charge in [-0.25, -0.2) is 17.6 Å². The molecule has 2 aromatic carbocycles. The van der Waals surface area contributed by atoms with Crippen molar-refractivity contribution in [2.75, 3.05) is 13.1 Å². The second-order valence-electron chi connectivity index (χ2n) is 6.32. The van der Waals surface area contributed by atoms with Crippen LogP contribution < -0.4 is 5.76 Å². The third-order valence-corrected chi connectivity index (χ3v) is 6.49. The van der Waals surface area contributed by atoms with Crippen molar-refractivity contribution in [2.24, 2.45) is 0 Å². The molecule has 0 bridgehead atoms. The molecule has 1 aromatic heterocycles.